The molecule has 0 aliphatic heterocycles. The summed E-state index contributed by atoms with van der Waals surface area (Å²) in [5, 5.41) is 11.3. The van der Waals surface area contributed by atoms with Crippen molar-refractivity contribution in [2.24, 2.45) is 0 Å². The number of nitrogens with zero attached hydrogens (tertiary/aromatic N) is 1. The molecule has 0 aliphatic rings. The fourth-order valence-electron chi connectivity index (χ4n) is 2.33. The second kappa shape index (κ2) is 10.5. The van der Waals surface area contributed by atoms with Crippen molar-refractivity contribution in [2.75, 3.05) is 19.0 Å². The van der Waals surface area contributed by atoms with E-state index in [2.05, 4.69) is 5.32 Å². The van der Waals surface area contributed by atoms with Crippen LogP contribution in [0, 0.1) is 18.3 Å². The molecular formula is C22H22N2O5. The van der Waals surface area contributed by atoms with Crippen molar-refractivity contribution >= 4 is 23.6 Å². The van der Waals surface area contributed by atoms with E-state index in [1.54, 1.807) is 30.3 Å². The number of nitrogens with one attached hydrogen (secondary N) is 1. The molecule has 1 N–H and O–H groups in total. The van der Waals surface area contributed by atoms with E-state index in [1.807, 2.05) is 25.1 Å². The van der Waals surface area contributed by atoms with Gasteiger partial charge in [-0.1, -0.05) is 23.8 Å². The molecule has 2 rings (SSSR count). The van der Waals surface area contributed by atoms with E-state index >= 15 is 0 Å². The van der Waals surface area contributed by atoms with Gasteiger partial charge in [-0.15, -0.1) is 0 Å². The first-order valence-corrected chi connectivity index (χ1v) is 8.87. The molecule has 0 radical (unpaired) electrons. The highest BCUT2D eigenvalue weighted by molar-refractivity contribution is 5.96. The molecule has 2 aromatic carbocycles. The van der Waals surface area contributed by atoms with Gasteiger partial charge in [0.05, 0.1) is 7.11 Å². The first-order valence-electron chi connectivity index (χ1n) is 8.87. The fraction of sp³-hybridized carbons (Fsp3) is 0.227. The molecule has 7 heteroatoms. The maximum Gasteiger partial charge on any atom is 0.331 e. The van der Waals surface area contributed by atoms with Crippen LogP contribution < -0.4 is 14.8 Å². The Balaban J connectivity index is 1.93. The van der Waals surface area contributed by atoms with Crippen LogP contribution in [0.2, 0.25) is 0 Å². The van der Waals surface area contributed by atoms with Crippen LogP contribution in [0.5, 0.6) is 11.5 Å². The minimum Gasteiger partial charge on any atom is -0.493 e. The number of hydrogen-bond acceptors (Lipinski definition) is 6. The Morgan fingerprint density at radius 1 is 1.17 bits per heavy atom. The Morgan fingerprint density at radius 2 is 1.90 bits per heavy atom. The molecule has 0 saturated heterocycles. The van der Waals surface area contributed by atoms with E-state index in [1.165, 1.54) is 26.2 Å². The molecule has 1 amide bonds. The van der Waals surface area contributed by atoms with Crippen LogP contribution in [0.4, 0.5) is 5.69 Å². The number of methoxy groups -OCH3 is 1. The van der Waals surface area contributed by atoms with Gasteiger partial charge in [-0.25, -0.2) is 4.79 Å². The normalized spacial score (nSPS) is 11.4. The van der Waals surface area contributed by atoms with Gasteiger partial charge in [0.1, 0.15) is 6.07 Å². The SMILES string of the molecule is COc1cc(/C=C/C(=O)O[C@H](C)C(=O)Nc2ccc(C)cc2)ccc1OCC#N. The fourth-order valence-corrected chi connectivity index (χ4v) is 2.33. The van der Waals surface area contributed by atoms with Crippen LogP contribution in [0.1, 0.15) is 18.1 Å². The number of benzene rings is 2. The zero-order valence-corrected chi connectivity index (χ0v) is 16.5. The molecule has 0 saturated carbocycles. The lowest BCUT2D eigenvalue weighted by atomic mass is 10.2. The van der Waals surface area contributed by atoms with Crippen LogP contribution in [0.15, 0.2) is 48.5 Å². The lowest BCUT2D eigenvalue weighted by Crippen LogP contribution is -2.29. The number of nitriles is 1. The number of hydrogen-bond donors (Lipinski definition) is 1. The predicted octanol–water partition coefficient (Wildman–Crippen LogP) is 3.49. The topological polar surface area (TPSA) is 97.7 Å². The summed E-state index contributed by atoms with van der Waals surface area (Å²) < 4.78 is 15.6. The monoisotopic (exact) mass is 394 g/mol. The molecule has 0 fully saturated rings. The highest BCUT2D eigenvalue weighted by atomic mass is 16.5. The summed E-state index contributed by atoms with van der Waals surface area (Å²) in [5.41, 5.74) is 2.37. The Bertz CT molecular complexity index is 929. The van der Waals surface area contributed by atoms with Crippen molar-refractivity contribution < 1.29 is 23.8 Å². The van der Waals surface area contributed by atoms with Crippen LogP contribution in [0.25, 0.3) is 6.08 Å². The number of ether oxygens (including phenoxy) is 3. The van der Waals surface area contributed by atoms with Crippen LogP contribution >= 0.6 is 0 Å². The Morgan fingerprint density at radius 3 is 2.55 bits per heavy atom. The van der Waals surface area contributed by atoms with Gasteiger partial charge in [-0.3, -0.25) is 4.79 Å². The van der Waals surface area contributed by atoms with Gasteiger partial charge < -0.3 is 19.5 Å². The summed E-state index contributed by atoms with van der Waals surface area (Å²) in [6, 6.07) is 14.2. The molecule has 0 aliphatic carbocycles. The summed E-state index contributed by atoms with van der Waals surface area (Å²) in [7, 11) is 1.48. The van der Waals surface area contributed by atoms with Crippen molar-refractivity contribution in [3.8, 4) is 17.6 Å². The number of rotatable bonds is 8. The minimum atomic E-state index is -0.954. The van der Waals surface area contributed by atoms with E-state index in [-0.39, 0.29) is 6.61 Å². The van der Waals surface area contributed by atoms with E-state index in [4.69, 9.17) is 19.5 Å². The average molecular weight is 394 g/mol. The second-order valence-corrected chi connectivity index (χ2v) is 6.12. The average Bonchev–Trinajstić information content (AvgIpc) is 2.72. The summed E-state index contributed by atoms with van der Waals surface area (Å²) in [4.78, 5) is 24.2. The maximum atomic E-state index is 12.1. The summed E-state index contributed by atoms with van der Waals surface area (Å²) >= 11 is 0. The number of aryl methyl sites for hydroxylation is 1. The van der Waals surface area contributed by atoms with Gasteiger partial charge in [0.25, 0.3) is 5.91 Å². The molecule has 0 bridgehead atoms. The zero-order chi connectivity index (χ0) is 21.2. The standard InChI is InChI=1S/C22H22N2O5/c1-15-4-8-18(9-5-15)24-22(26)16(2)29-21(25)11-7-17-6-10-19(28-13-12-23)20(14-17)27-3/h4-11,14,16H,13H2,1-3H3,(H,24,26)/b11-7+/t16-/m1/s1. The van der Waals surface area contributed by atoms with E-state index < -0.39 is 18.0 Å². The van der Waals surface area contributed by atoms with Gasteiger partial charge in [0, 0.05) is 11.8 Å². The van der Waals surface area contributed by atoms with Gasteiger partial charge in [0.2, 0.25) is 0 Å². The lowest BCUT2D eigenvalue weighted by molar-refractivity contribution is -0.148. The van der Waals surface area contributed by atoms with Gasteiger partial charge >= 0.3 is 5.97 Å². The van der Waals surface area contributed by atoms with Gasteiger partial charge in [-0.2, -0.15) is 5.26 Å². The minimum absolute atomic E-state index is 0.0968. The predicted molar refractivity (Wildman–Crippen MR) is 108 cm³/mol. The number of amides is 1. The quantitative estimate of drug-likeness (QED) is 0.544. The highest BCUT2D eigenvalue weighted by Gasteiger charge is 2.16. The van der Waals surface area contributed by atoms with Crippen LogP contribution in [0.3, 0.4) is 0 Å². The summed E-state index contributed by atoms with van der Waals surface area (Å²) in [6.45, 7) is 3.35. The molecule has 0 unspecified atom stereocenters. The molecule has 150 valence electrons. The second-order valence-electron chi connectivity index (χ2n) is 6.12. The van der Waals surface area contributed by atoms with Gasteiger partial charge in [0.15, 0.2) is 24.2 Å². The van der Waals surface area contributed by atoms with Crippen molar-refractivity contribution in [2.45, 2.75) is 20.0 Å². The Kier molecular flexibility index (Phi) is 7.80. The summed E-state index contributed by atoms with van der Waals surface area (Å²) in [5.74, 6) is -0.214. The molecule has 0 heterocycles. The van der Waals surface area contributed by atoms with Gasteiger partial charge in [-0.05, 0) is 49.8 Å². The molecule has 2 aromatic rings. The lowest BCUT2D eigenvalue weighted by Gasteiger charge is -2.12. The molecule has 7 nitrogen and oxygen atoms in total. The number of anilines is 1. The summed E-state index contributed by atoms with van der Waals surface area (Å²) in [6.07, 6.45) is 1.80. The van der Waals surface area contributed by atoms with E-state index in [9.17, 15) is 9.59 Å². The third-order valence-corrected chi connectivity index (χ3v) is 3.87. The smallest absolute Gasteiger partial charge is 0.331 e. The van der Waals surface area contributed by atoms with Crippen molar-refractivity contribution in [3.05, 3.63) is 59.7 Å². The van der Waals surface area contributed by atoms with Crippen LogP contribution in [-0.4, -0.2) is 31.7 Å². The molecule has 1 atom stereocenters. The third-order valence-electron chi connectivity index (χ3n) is 3.87. The van der Waals surface area contributed by atoms with Crippen molar-refractivity contribution in [1.82, 2.24) is 0 Å². The first-order chi connectivity index (χ1) is 13.9. The maximum absolute atomic E-state index is 12.1. The highest BCUT2D eigenvalue weighted by Crippen LogP contribution is 2.28. The Labute approximate surface area is 169 Å². The third kappa shape index (κ3) is 6.70. The number of carbonyl (C=O) groups is 2. The zero-order valence-electron chi connectivity index (χ0n) is 16.5. The Hall–Kier alpha value is -3.79. The molecule has 0 aromatic heterocycles. The number of esters is 1. The molecule has 29 heavy (non-hydrogen) atoms. The van der Waals surface area contributed by atoms with E-state index in [0.29, 0.717) is 22.7 Å². The largest absolute Gasteiger partial charge is 0.493 e. The molecular weight excluding hydrogens is 372 g/mol. The number of carbonyl (C=O) groups excluding carboxylic acids is 2. The van der Waals surface area contributed by atoms with Crippen molar-refractivity contribution in [3.63, 3.8) is 0 Å². The van der Waals surface area contributed by atoms with E-state index in [0.717, 1.165) is 5.56 Å². The van der Waals surface area contributed by atoms with Crippen LogP contribution in [-0.2, 0) is 14.3 Å². The first kappa shape index (κ1) is 21.5. The molecule has 0 spiro atoms. The van der Waals surface area contributed by atoms with Crippen molar-refractivity contribution in [1.29, 1.82) is 5.26 Å².